The molecule has 0 aromatic heterocycles. The van der Waals surface area contributed by atoms with E-state index in [4.69, 9.17) is 4.74 Å². The fraction of sp³-hybridized carbons (Fsp3) is 0.438. The molecule has 0 saturated carbocycles. The molecular weight excluding hydrogens is 238 g/mol. The summed E-state index contributed by atoms with van der Waals surface area (Å²) in [7, 11) is 1.68. The number of hydrogen-bond acceptors (Lipinski definition) is 2. The number of hydrogen-bond donors (Lipinski definition) is 0. The van der Waals surface area contributed by atoms with E-state index in [1.165, 1.54) is 11.1 Å². The molecule has 3 nitrogen and oxygen atoms in total. The molecule has 0 fully saturated rings. The predicted molar refractivity (Wildman–Crippen MR) is 74.4 cm³/mol. The molecule has 0 spiro atoms. The Morgan fingerprint density at radius 2 is 2.26 bits per heavy atom. The fourth-order valence-corrected chi connectivity index (χ4v) is 3.04. The molecule has 1 unspecified atom stereocenters. The minimum Gasteiger partial charge on any atom is -0.497 e. The number of fused-ring (bicyclic) bond motifs is 1. The van der Waals surface area contributed by atoms with Crippen molar-refractivity contribution < 1.29 is 9.53 Å². The van der Waals surface area contributed by atoms with Crippen LogP contribution in [-0.2, 0) is 11.2 Å². The number of amides is 1. The van der Waals surface area contributed by atoms with E-state index in [-0.39, 0.29) is 11.8 Å². The van der Waals surface area contributed by atoms with Gasteiger partial charge in [0.25, 0.3) is 0 Å². The fourth-order valence-electron chi connectivity index (χ4n) is 3.04. The standard InChI is InChI=1S/C16H19NO2/c1-19-13-6-8-14-12(11-13)5-7-15(14)16(18)17-9-3-2-4-10-17/h2-3,6,8,11,15H,4-5,7,9-10H2,1H3. The smallest absolute Gasteiger partial charge is 0.230 e. The second-order valence-corrected chi connectivity index (χ2v) is 5.20. The number of aryl methyl sites for hydroxylation is 1. The van der Waals surface area contributed by atoms with Crippen molar-refractivity contribution in [3.8, 4) is 5.75 Å². The predicted octanol–water partition coefficient (Wildman–Crippen LogP) is 2.51. The molecule has 0 saturated heterocycles. The van der Waals surface area contributed by atoms with E-state index in [1.807, 2.05) is 11.0 Å². The lowest BCUT2D eigenvalue weighted by Gasteiger charge is -2.26. The molecule has 0 radical (unpaired) electrons. The number of carbonyl (C=O) groups is 1. The lowest BCUT2D eigenvalue weighted by Crippen LogP contribution is -2.36. The van der Waals surface area contributed by atoms with E-state index in [2.05, 4.69) is 24.3 Å². The van der Waals surface area contributed by atoms with Crippen LogP contribution in [0.1, 0.15) is 29.9 Å². The van der Waals surface area contributed by atoms with Gasteiger partial charge in [-0.3, -0.25) is 4.79 Å². The monoisotopic (exact) mass is 257 g/mol. The van der Waals surface area contributed by atoms with Crippen LogP contribution in [0.3, 0.4) is 0 Å². The molecule has 100 valence electrons. The number of carbonyl (C=O) groups excluding carboxylic acids is 1. The van der Waals surface area contributed by atoms with Crippen LogP contribution in [0.4, 0.5) is 0 Å². The molecule has 3 rings (SSSR count). The highest BCUT2D eigenvalue weighted by Gasteiger charge is 2.31. The highest BCUT2D eigenvalue weighted by molar-refractivity contribution is 5.85. The Labute approximate surface area is 113 Å². The minimum atomic E-state index is 0.0485. The first kappa shape index (κ1) is 12.3. The van der Waals surface area contributed by atoms with E-state index in [9.17, 15) is 4.79 Å². The van der Waals surface area contributed by atoms with E-state index >= 15 is 0 Å². The van der Waals surface area contributed by atoms with Crippen molar-refractivity contribution >= 4 is 5.91 Å². The van der Waals surface area contributed by atoms with E-state index in [1.54, 1.807) is 7.11 Å². The van der Waals surface area contributed by atoms with Crippen molar-refractivity contribution in [2.45, 2.75) is 25.2 Å². The van der Waals surface area contributed by atoms with Crippen molar-refractivity contribution in [1.29, 1.82) is 0 Å². The molecule has 1 aromatic rings. The van der Waals surface area contributed by atoms with Gasteiger partial charge in [-0.2, -0.15) is 0 Å². The van der Waals surface area contributed by atoms with Gasteiger partial charge < -0.3 is 9.64 Å². The topological polar surface area (TPSA) is 29.5 Å². The molecule has 19 heavy (non-hydrogen) atoms. The lowest BCUT2D eigenvalue weighted by molar-refractivity contribution is -0.132. The Bertz CT molecular complexity index is 521. The molecule has 0 bridgehead atoms. The van der Waals surface area contributed by atoms with Gasteiger partial charge in [0.15, 0.2) is 0 Å². The average molecular weight is 257 g/mol. The molecule has 3 heteroatoms. The van der Waals surface area contributed by atoms with Crippen LogP contribution in [0.5, 0.6) is 5.75 Å². The maximum absolute atomic E-state index is 12.6. The zero-order valence-electron chi connectivity index (χ0n) is 11.3. The Hall–Kier alpha value is -1.77. The minimum absolute atomic E-state index is 0.0485. The van der Waals surface area contributed by atoms with Gasteiger partial charge in [-0.05, 0) is 42.5 Å². The van der Waals surface area contributed by atoms with E-state index in [0.717, 1.165) is 38.1 Å². The van der Waals surface area contributed by atoms with Crippen molar-refractivity contribution in [2.75, 3.05) is 20.2 Å². The van der Waals surface area contributed by atoms with Gasteiger partial charge in [-0.1, -0.05) is 18.2 Å². The first-order chi connectivity index (χ1) is 9.29. The van der Waals surface area contributed by atoms with E-state index < -0.39 is 0 Å². The number of methoxy groups -OCH3 is 1. The zero-order chi connectivity index (χ0) is 13.2. The van der Waals surface area contributed by atoms with E-state index in [0.29, 0.717) is 0 Å². The quantitative estimate of drug-likeness (QED) is 0.762. The van der Waals surface area contributed by atoms with Crippen molar-refractivity contribution in [3.63, 3.8) is 0 Å². The van der Waals surface area contributed by atoms with Gasteiger partial charge in [-0.25, -0.2) is 0 Å². The molecule has 1 amide bonds. The molecule has 1 aliphatic heterocycles. The Balaban J connectivity index is 1.81. The molecular formula is C16H19NO2. The third-order valence-corrected chi connectivity index (χ3v) is 4.10. The first-order valence-electron chi connectivity index (χ1n) is 6.90. The Morgan fingerprint density at radius 3 is 3.00 bits per heavy atom. The van der Waals surface area contributed by atoms with Crippen LogP contribution in [-0.4, -0.2) is 31.0 Å². The number of benzene rings is 1. The van der Waals surface area contributed by atoms with Crippen LogP contribution in [0, 0.1) is 0 Å². The van der Waals surface area contributed by atoms with Crippen molar-refractivity contribution in [1.82, 2.24) is 4.90 Å². The maximum atomic E-state index is 12.6. The second kappa shape index (κ2) is 5.08. The molecule has 1 atom stereocenters. The Kier molecular flexibility index (Phi) is 3.28. The summed E-state index contributed by atoms with van der Waals surface area (Å²) in [5.74, 6) is 1.22. The van der Waals surface area contributed by atoms with Crippen molar-refractivity contribution in [3.05, 3.63) is 41.5 Å². The number of nitrogens with zero attached hydrogens (tertiary/aromatic N) is 1. The number of rotatable bonds is 2. The summed E-state index contributed by atoms with van der Waals surface area (Å²) < 4.78 is 5.25. The third-order valence-electron chi connectivity index (χ3n) is 4.10. The zero-order valence-corrected chi connectivity index (χ0v) is 11.3. The normalized spacial score (nSPS) is 21.3. The van der Waals surface area contributed by atoms with Crippen LogP contribution in [0.15, 0.2) is 30.4 Å². The highest BCUT2D eigenvalue weighted by atomic mass is 16.5. The van der Waals surface area contributed by atoms with Crippen molar-refractivity contribution in [2.24, 2.45) is 0 Å². The maximum Gasteiger partial charge on any atom is 0.230 e. The van der Waals surface area contributed by atoms with Crippen LogP contribution < -0.4 is 4.74 Å². The third kappa shape index (κ3) is 2.25. The largest absolute Gasteiger partial charge is 0.497 e. The molecule has 1 aromatic carbocycles. The summed E-state index contributed by atoms with van der Waals surface area (Å²) in [5, 5.41) is 0. The van der Waals surface area contributed by atoms with Gasteiger partial charge >= 0.3 is 0 Å². The SMILES string of the molecule is COc1ccc2c(c1)CCC2C(=O)N1CC=CCC1. The average Bonchev–Trinajstić information content (AvgIpc) is 2.90. The summed E-state index contributed by atoms with van der Waals surface area (Å²) >= 11 is 0. The van der Waals surface area contributed by atoms with Crippen LogP contribution in [0.2, 0.25) is 0 Å². The summed E-state index contributed by atoms with van der Waals surface area (Å²) in [4.78, 5) is 14.6. The van der Waals surface area contributed by atoms with Gasteiger partial charge in [0.2, 0.25) is 5.91 Å². The molecule has 2 aliphatic rings. The van der Waals surface area contributed by atoms with Gasteiger partial charge in [-0.15, -0.1) is 0 Å². The first-order valence-corrected chi connectivity index (χ1v) is 6.90. The summed E-state index contributed by atoms with van der Waals surface area (Å²) in [6.07, 6.45) is 7.13. The van der Waals surface area contributed by atoms with Gasteiger partial charge in [0, 0.05) is 13.1 Å². The summed E-state index contributed by atoms with van der Waals surface area (Å²) in [5.41, 5.74) is 2.46. The highest BCUT2D eigenvalue weighted by Crippen LogP contribution is 2.36. The van der Waals surface area contributed by atoms with Crippen LogP contribution in [0.25, 0.3) is 0 Å². The van der Waals surface area contributed by atoms with Crippen LogP contribution >= 0.6 is 0 Å². The second-order valence-electron chi connectivity index (χ2n) is 5.20. The summed E-state index contributed by atoms with van der Waals surface area (Å²) in [6.45, 7) is 1.62. The molecule has 1 aliphatic carbocycles. The number of ether oxygens (including phenoxy) is 1. The van der Waals surface area contributed by atoms with Gasteiger partial charge in [0.1, 0.15) is 5.75 Å². The molecule has 1 heterocycles. The van der Waals surface area contributed by atoms with Gasteiger partial charge in [0.05, 0.1) is 13.0 Å². The lowest BCUT2D eigenvalue weighted by atomic mass is 9.99. The molecule has 0 N–H and O–H groups in total. The summed E-state index contributed by atoms with van der Waals surface area (Å²) in [6, 6.07) is 6.09. The Morgan fingerprint density at radius 1 is 1.37 bits per heavy atom.